The van der Waals surface area contributed by atoms with Crippen LogP contribution in [-0.4, -0.2) is 32.8 Å². The van der Waals surface area contributed by atoms with E-state index in [9.17, 15) is 0 Å². The number of rotatable bonds is 10. The molecule has 0 unspecified atom stereocenters. The van der Waals surface area contributed by atoms with Crippen LogP contribution in [0.1, 0.15) is 74.9 Å². The molecule has 6 aromatic heterocycles. The monoisotopic (exact) mass is 1760 g/mol. The Morgan fingerprint density at radius 2 is 0.442 bits per heavy atom. The van der Waals surface area contributed by atoms with Crippen LogP contribution >= 0.6 is 0 Å². The van der Waals surface area contributed by atoms with Crippen LogP contribution < -0.4 is 0 Å². The molecule has 7 heteroatoms. The molecule has 646 valence electrons. The van der Waals surface area contributed by atoms with Crippen molar-refractivity contribution in [2.24, 2.45) is 0 Å². The molecule has 0 bridgehead atoms. The summed E-state index contributed by atoms with van der Waals surface area (Å²) in [6.45, 7) is 14.2. The van der Waals surface area contributed by atoms with Gasteiger partial charge in [0.2, 0.25) is 0 Å². The lowest BCUT2D eigenvalue weighted by molar-refractivity contribution is 0.660. The van der Waals surface area contributed by atoms with Gasteiger partial charge >= 0.3 is 0 Å². The number of fused-ring (bicyclic) bond motifs is 27. The molecule has 0 atom stereocenters. The minimum atomic E-state index is -0.139. The third kappa shape index (κ3) is 10.7. The van der Waals surface area contributed by atoms with Gasteiger partial charge in [-0.3, -0.25) is 0 Å². The van der Waals surface area contributed by atoms with Crippen LogP contribution in [0.5, 0.6) is 0 Å². The first-order valence-electron chi connectivity index (χ1n) is 48.3. The molecular weight excluding hydrogens is 1670 g/mol. The highest BCUT2D eigenvalue weighted by atomic mass is 15.0. The van der Waals surface area contributed by atoms with Crippen LogP contribution in [0.3, 0.4) is 0 Å². The number of nitrogens with zero attached hydrogens (tertiary/aromatic N) is 7. The van der Waals surface area contributed by atoms with Gasteiger partial charge in [-0.25, -0.2) is 9.97 Å². The topological polar surface area (TPSA) is 50.4 Å². The fourth-order valence-corrected chi connectivity index (χ4v) is 25.4. The summed E-state index contributed by atoms with van der Waals surface area (Å²) in [7, 11) is 0. The van der Waals surface area contributed by atoms with Crippen molar-refractivity contribution in [2.45, 2.75) is 57.8 Å². The quantitative estimate of drug-likeness (QED) is 0.137. The zero-order valence-corrected chi connectivity index (χ0v) is 77.0. The van der Waals surface area contributed by atoms with E-state index in [2.05, 4.69) is 483 Å². The predicted octanol–water partition coefficient (Wildman–Crippen LogP) is 34.0. The molecule has 138 heavy (non-hydrogen) atoms. The third-order valence-electron chi connectivity index (χ3n) is 32.0. The van der Waals surface area contributed by atoms with Gasteiger partial charge in [-0.1, -0.05) is 302 Å². The molecule has 26 aromatic rings. The van der Waals surface area contributed by atoms with Crippen LogP contribution in [0.4, 0.5) is 0 Å². The molecule has 30 rings (SSSR count). The van der Waals surface area contributed by atoms with Crippen molar-refractivity contribution < 1.29 is 0 Å². The molecule has 0 saturated carbocycles. The van der Waals surface area contributed by atoms with Crippen LogP contribution in [0, 0.1) is 0 Å². The molecule has 0 saturated heterocycles. The SMILES string of the molecule is CC1(C)c2ccccc2-c2ccc(-n3c4ccccc4c4cc(-c5ccc6c(c5)c5ccccc5n6-c5cccc(-c6nc(-c7cccc(-n8c9ccc(-c%10ccc%11c(c%10)c%10ccccc%10n%11-c%10ccc%11c(c%10)C(C)(C)c%10ccccc%10-%11)cc9c9cc(-c%10ccc%11c(c%10)c%10ccccc%10n%11-c%10ccc%11c(c%10)C(C)(C)c%10ccccc%10-%11)ccc98)c7)nc7c6-c6cccc8cccc-7c68)c5)ccc43)cc21. The van der Waals surface area contributed by atoms with Crippen molar-refractivity contribution >= 4 is 120 Å². The van der Waals surface area contributed by atoms with Gasteiger partial charge in [0.1, 0.15) is 0 Å². The minimum absolute atomic E-state index is 0.118. The molecule has 6 heterocycles. The van der Waals surface area contributed by atoms with E-state index in [4.69, 9.17) is 9.97 Å². The fraction of sp³-hybridized carbons (Fsp3) is 0.0687. The number of hydrogen-bond donors (Lipinski definition) is 0. The largest absolute Gasteiger partial charge is 0.309 e. The predicted molar refractivity (Wildman–Crippen MR) is 576 cm³/mol. The maximum Gasteiger partial charge on any atom is 0.160 e. The molecular formula is C131H87N7. The molecule has 20 aromatic carbocycles. The average molecular weight is 1760 g/mol. The summed E-state index contributed by atoms with van der Waals surface area (Å²) < 4.78 is 12.3. The second-order valence-electron chi connectivity index (χ2n) is 40.3. The van der Waals surface area contributed by atoms with Crippen LogP contribution in [0.2, 0.25) is 0 Å². The first kappa shape index (κ1) is 77.2. The number of para-hydroxylation sites is 4. The van der Waals surface area contributed by atoms with E-state index in [0.717, 1.165) is 106 Å². The number of benzene rings is 20. The first-order chi connectivity index (χ1) is 67.7. The number of aromatic nitrogens is 7. The lowest BCUT2D eigenvalue weighted by Crippen LogP contribution is -2.15. The summed E-state index contributed by atoms with van der Waals surface area (Å²) in [6.07, 6.45) is 0. The van der Waals surface area contributed by atoms with E-state index in [1.165, 1.54) is 182 Å². The molecule has 0 N–H and O–H groups in total. The first-order valence-corrected chi connectivity index (χ1v) is 48.3. The highest BCUT2D eigenvalue weighted by Crippen LogP contribution is 2.57. The van der Waals surface area contributed by atoms with E-state index in [0.29, 0.717) is 5.82 Å². The van der Waals surface area contributed by atoms with Gasteiger partial charge in [-0.2, -0.15) is 0 Å². The summed E-state index contributed by atoms with van der Waals surface area (Å²) in [6, 6.07) is 158. The smallest absolute Gasteiger partial charge is 0.160 e. The van der Waals surface area contributed by atoms with Gasteiger partial charge in [-0.05, 0) is 274 Å². The van der Waals surface area contributed by atoms with E-state index in [1.54, 1.807) is 0 Å². The van der Waals surface area contributed by atoms with Gasteiger partial charge in [0.05, 0.1) is 66.6 Å². The fourth-order valence-electron chi connectivity index (χ4n) is 25.4. The Balaban J connectivity index is 0.553. The zero-order chi connectivity index (χ0) is 91.2. The van der Waals surface area contributed by atoms with Crippen LogP contribution in [0.15, 0.2) is 419 Å². The summed E-state index contributed by atoms with van der Waals surface area (Å²) in [5.41, 5.74) is 46.9. The summed E-state index contributed by atoms with van der Waals surface area (Å²) in [4.78, 5) is 11.7. The molecule has 0 fully saturated rings. The van der Waals surface area contributed by atoms with Crippen molar-refractivity contribution in [2.75, 3.05) is 0 Å². The van der Waals surface area contributed by atoms with Gasteiger partial charge < -0.3 is 22.8 Å². The highest BCUT2D eigenvalue weighted by molar-refractivity contribution is 6.20. The molecule has 0 aliphatic heterocycles. The van der Waals surface area contributed by atoms with Crippen molar-refractivity contribution in [3.63, 3.8) is 0 Å². The molecule has 7 nitrogen and oxygen atoms in total. The Kier molecular flexibility index (Phi) is 15.6. The molecule has 4 aliphatic rings. The third-order valence-corrected chi connectivity index (χ3v) is 32.0. The van der Waals surface area contributed by atoms with E-state index in [-0.39, 0.29) is 16.2 Å². The minimum Gasteiger partial charge on any atom is -0.309 e. The Morgan fingerprint density at radius 3 is 0.804 bits per heavy atom. The number of hydrogen-bond acceptors (Lipinski definition) is 2. The Labute approximate surface area is 797 Å². The maximum absolute atomic E-state index is 5.91. The Hall–Kier alpha value is -17.3. The van der Waals surface area contributed by atoms with Crippen molar-refractivity contribution in [3.05, 3.63) is 452 Å². The average Bonchev–Trinajstić information content (AvgIpc) is 1.57. The zero-order valence-electron chi connectivity index (χ0n) is 77.0. The van der Waals surface area contributed by atoms with Crippen molar-refractivity contribution in [1.82, 2.24) is 32.8 Å². The Bertz CT molecular complexity index is 9690. The van der Waals surface area contributed by atoms with E-state index >= 15 is 0 Å². The van der Waals surface area contributed by atoms with Gasteiger partial charge in [0.15, 0.2) is 5.82 Å². The molecule has 4 aliphatic carbocycles. The molecule has 0 spiro atoms. The molecule has 0 amide bonds. The Morgan fingerprint density at radius 1 is 0.174 bits per heavy atom. The van der Waals surface area contributed by atoms with E-state index in [1.807, 2.05) is 0 Å². The second kappa shape index (κ2) is 28.0. The standard InChI is InChI=1S/C131H87N7/c1-129(2)108-40-14-7-31-90(108)93-56-53-87(73-111(93)129)136-115-44-18-11-35-97(115)103-68-78(48-60-119(103)136)77-47-59-118-102(67-77)96-34-10-17-43-114(96)134(118)85-29-21-27-83(65-85)126-125-100-38-23-25-76-26-24-39-101(124(76)100)127(125)133-128(132-126)84-28-22-30-86(66-84)135-122-63-51-81(79-49-61-120-104(69-79)98-36-12-19-45-116(98)137(120)88-54-57-94-91-32-8-15-41-109(91)130(3,4)112(94)74-88)71-106(122)107-72-82(52-64-123(107)135)80-50-62-121-105(70-80)99-37-13-20-46-117(99)138(121)89-55-58-95-92-33-9-16-42-110(92)131(5,6)113(95)75-89/h7-75H,1-6H3. The maximum atomic E-state index is 5.91. The van der Waals surface area contributed by atoms with Gasteiger partial charge in [0, 0.05) is 121 Å². The van der Waals surface area contributed by atoms with Crippen molar-refractivity contribution in [1.29, 1.82) is 0 Å². The van der Waals surface area contributed by atoms with Crippen LogP contribution in [0.25, 0.3) is 260 Å². The second-order valence-corrected chi connectivity index (χ2v) is 40.3. The summed E-state index contributed by atoms with van der Waals surface area (Å²) >= 11 is 0. The summed E-state index contributed by atoms with van der Waals surface area (Å²) in [5, 5.41) is 14.4. The van der Waals surface area contributed by atoms with Gasteiger partial charge in [0.25, 0.3) is 0 Å². The molecule has 0 radical (unpaired) electrons. The lowest BCUT2D eigenvalue weighted by atomic mass is 9.82. The summed E-state index contributed by atoms with van der Waals surface area (Å²) in [5.74, 6) is 0.654. The lowest BCUT2D eigenvalue weighted by Gasteiger charge is -2.22. The van der Waals surface area contributed by atoms with Crippen LogP contribution in [-0.2, 0) is 16.2 Å². The van der Waals surface area contributed by atoms with Crippen molar-refractivity contribution in [3.8, 4) is 140 Å². The normalized spacial score (nSPS) is 13.9. The van der Waals surface area contributed by atoms with Gasteiger partial charge in [-0.15, -0.1) is 0 Å². The highest BCUT2D eigenvalue weighted by Gasteiger charge is 2.40. The van der Waals surface area contributed by atoms with E-state index < -0.39 is 0 Å².